The summed E-state index contributed by atoms with van der Waals surface area (Å²) in [6, 6.07) is 0. The third-order valence-electron chi connectivity index (χ3n) is 3.60. The Morgan fingerprint density at radius 2 is 2.00 bits per heavy atom. The molecule has 0 heterocycles. The van der Waals surface area contributed by atoms with E-state index in [2.05, 4.69) is 19.6 Å². The number of hydrogen-bond donors (Lipinski definition) is 0. The first kappa shape index (κ1) is 24.4. The molecule has 0 aromatic rings. The van der Waals surface area contributed by atoms with Crippen molar-refractivity contribution >= 4 is 17.6 Å². The molecule has 0 N–H and O–H groups in total. The van der Waals surface area contributed by atoms with E-state index < -0.39 is 0 Å². The van der Waals surface area contributed by atoms with Gasteiger partial charge in [0.25, 0.3) is 0 Å². The normalized spacial score (nSPS) is 14.2. The van der Waals surface area contributed by atoms with Crippen LogP contribution in [0, 0.1) is 5.92 Å². The highest BCUT2D eigenvalue weighted by molar-refractivity contribution is 6.29. The molecule has 3 nitrogen and oxygen atoms in total. The van der Waals surface area contributed by atoms with Crippen molar-refractivity contribution in [1.82, 2.24) is 0 Å². The third-order valence-corrected chi connectivity index (χ3v) is 3.86. The van der Waals surface area contributed by atoms with E-state index in [-0.39, 0.29) is 5.97 Å². The Morgan fingerprint density at radius 3 is 2.69 bits per heavy atom. The average Bonchev–Trinajstić information content (AvgIpc) is 2.62. The summed E-state index contributed by atoms with van der Waals surface area (Å²) >= 11 is 6.01. The van der Waals surface area contributed by atoms with Gasteiger partial charge in [0.1, 0.15) is 0 Å². The van der Waals surface area contributed by atoms with E-state index in [1.807, 2.05) is 38.2 Å². The van der Waals surface area contributed by atoms with Gasteiger partial charge in [-0.1, -0.05) is 60.6 Å². The minimum absolute atomic E-state index is 0.332. The Kier molecular flexibility index (Phi) is 15.8. The van der Waals surface area contributed by atoms with Gasteiger partial charge in [0, 0.05) is 17.5 Å². The molecule has 146 valence electrons. The van der Waals surface area contributed by atoms with E-state index in [0.29, 0.717) is 37.2 Å². The molecule has 0 bridgehead atoms. The third kappa shape index (κ3) is 15.9. The molecule has 0 aromatic heterocycles. The zero-order valence-corrected chi connectivity index (χ0v) is 17.1. The molecule has 0 radical (unpaired) electrons. The van der Waals surface area contributed by atoms with Crippen molar-refractivity contribution in [3.63, 3.8) is 0 Å². The van der Waals surface area contributed by atoms with Crippen molar-refractivity contribution < 1.29 is 14.3 Å². The van der Waals surface area contributed by atoms with Crippen LogP contribution in [-0.2, 0) is 14.3 Å². The van der Waals surface area contributed by atoms with Crippen LogP contribution in [-0.4, -0.2) is 25.8 Å². The van der Waals surface area contributed by atoms with Crippen molar-refractivity contribution in [3.8, 4) is 0 Å². The van der Waals surface area contributed by atoms with E-state index >= 15 is 0 Å². The number of ether oxygens (including phenoxy) is 2. The number of halogens is 1. The standard InChI is InChI=1S/C22H33ClO3/c1-5-7-8-13-21(23)18-25-16-10-17-26-22(24)15-14-20(4)12-9-11-19(3)6-2/h5-7,12-15,19H,2,8-11,16-18H2,1,3-4H3/b7-5+,15-14+,20-12+,21-13-/t19-/m0/s1. The van der Waals surface area contributed by atoms with Crippen LogP contribution < -0.4 is 0 Å². The smallest absolute Gasteiger partial charge is 0.330 e. The second kappa shape index (κ2) is 16.9. The fourth-order valence-electron chi connectivity index (χ4n) is 1.90. The number of allylic oxidation sites excluding steroid dienone is 7. The lowest BCUT2D eigenvalue weighted by molar-refractivity contribution is -0.138. The van der Waals surface area contributed by atoms with Crippen LogP contribution >= 0.6 is 11.6 Å². The molecule has 0 aliphatic carbocycles. The Hall–Kier alpha value is -1.58. The summed E-state index contributed by atoms with van der Waals surface area (Å²) in [7, 11) is 0. The van der Waals surface area contributed by atoms with Gasteiger partial charge in [-0.05, 0) is 39.0 Å². The van der Waals surface area contributed by atoms with Crippen LogP contribution in [0.4, 0.5) is 0 Å². The van der Waals surface area contributed by atoms with Crippen LogP contribution in [0.2, 0.25) is 0 Å². The maximum absolute atomic E-state index is 11.6. The van der Waals surface area contributed by atoms with Crippen LogP contribution in [0.5, 0.6) is 0 Å². The van der Waals surface area contributed by atoms with Gasteiger partial charge in [0.2, 0.25) is 0 Å². The summed E-state index contributed by atoms with van der Waals surface area (Å²) in [6.07, 6.45) is 16.7. The first-order chi connectivity index (χ1) is 12.5. The lowest BCUT2D eigenvalue weighted by atomic mass is 10.0. The van der Waals surface area contributed by atoms with Crippen molar-refractivity contribution in [3.05, 3.63) is 59.7 Å². The predicted molar refractivity (Wildman–Crippen MR) is 111 cm³/mol. The zero-order valence-electron chi connectivity index (χ0n) is 16.4. The van der Waals surface area contributed by atoms with Crippen molar-refractivity contribution in [2.75, 3.05) is 19.8 Å². The molecule has 0 saturated carbocycles. The molecular formula is C22H33ClO3. The van der Waals surface area contributed by atoms with Gasteiger partial charge in [-0.2, -0.15) is 0 Å². The highest BCUT2D eigenvalue weighted by Crippen LogP contribution is 2.09. The van der Waals surface area contributed by atoms with E-state index in [0.717, 1.165) is 24.8 Å². The van der Waals surface area contributed by atoms with Gasteiger partial charge in [0.05, 0.1) is 19.8 Å². The quantitative estimate of drug-likeness (QED) is 0.119. The molecule has 0 rings (SSSR count). The minimum atomic E-state index is -0.332. The van der Waals surface area contributed by atoms with Crippen molar-refractivity contribution in [1.29, 1.82) is 0 Å². The molecular weight excluding hydrogens is 348 g/mol. The lowest BCUT2D eigenvalue weighted by Crippen LogP contribution is -2.06. The van der Waals surface area contributed by atoms with Crippen LogP contribution in [0.25, 0.3) is 0 Å². The number of esters is 1. The second-order valence-corrected chi connectivity index (χ2v) is 6.59. The van der Waals surface area contributed by atoms with Crippen LogP contribution in [0.1, 0.15) is 46.5 Å². The first-order valence-corrected chi connectivity index (χ1v) is 9.55. The van der Waals surface area contributed by atoms with E-state index in [9.17, 15) is 4.79 Å². The fraction of sp³-hybridized carbons (Fsp3) is 0.500. The monoisotopic (exact) mass is 380 g/mol. The summed E-state index contributed by atoms with van der Waals surface area (Å²) in [5.41, 5.74) is 1.06. The molecule has 4 heteroatoms. The molecule has 0 spiro atoms. The highest BCUT2D eigenvalue weighted by atomic mass is 35.5. The summed E-state index contributed by atoms with van der Waals surface area (Å²) in [5.74, 6) is 0.176. The zero-order chi connectivity index (χ0) is 19.6. The van der Waals surface area contributed by atoms with E-state index in [1.165, 1.54) is 6.08 Å². The second-order valence-electron chi connectivity index (χ2n) is 6.10. The minimum Gasteiger partial charge on any atom is -0.462 e. The molecule has 26 heavy (non-hydrogen) atoms. The van der Waals surface area contributed by atoms with Gasteiger partial charge in [-0.3, -0.25) is 0 Å². The molecule has 0 aromatic carbocycles. The Morgan fingerprint density at radius 1 is 1.23 bits per heavy atom. The largest absolute Gasteiger partial charge is 0.462 e. The molecule has 0 aliphatic heterocycles. The molecule has 1 atom stereocenters. The number of carbonyl (C=O) groups excluding carboxylic acids is 1. The maximum atomic E-state index is 11.6. The van der Waals surface area contributed by atoms with Crippen LogP contribution in [0.3, 0.4) is 0 Å². The lowest BCUT2D eigenvalue weighted by Gasteiger charge is -2.04. The van der Waals surface area contributed by atoms with Gasteiger partial charge in [0.15, 0.2) is 0 Å². The molecule has 0 unspecified atom stereocenters. The molecule has 0 aliphatic rings. The Labute approximate surface area is 164 Å². The topological polar surface area (TPSA) is 35.5 Å². The summed E-state index contributed by atoms with van der Waals surface area (Å²) in [6.45, 7) is 11.1. The predicted octanol–water partition coefficient (Wildman–Crippen LogP) is 6.13. The number of hydrogen-bond acceptors (Lipinski definition) is 3. The summed E-state index contributed by atoms with van der Waals surface area (Å²) in [4.78, 5) is 11.6. The fourth-order valence-corrected chi connectivity index (χ4v) is 2.07. The molecule has 0 amide bonds. The first-order valence-electron chi connectivity index (χ1n) is 9.17. The number of rotatable bonds is 14. The van der Waals surface area contributed by atoms with Crippen LogP contribution in [0.15, 0.2) is 59.7 Å². The van der Waals surface area contributed by atoms with Gasteiger partial charge >= 0.3 is 5.97 Å². The average molecular weight is 381 g/mol. The maximum Gasteiger partial charge on any atom is 0.330 e. The van der Waals surface area contributed by atoms with Gasteiger partial charge in [-0.25, -0.2) is 4.79 Å². The van der Waals surface area contributed by atoms with E-state index in [4.69, 9.17) is 21.1 Å². The Balaban J connectivity index is 3.80. The summed E-state index contributed by atoms with van der Waals surface area (Å²) in [5, 5.41) is 0.688. The SMILES string of the molecule is C=C[C@H](C)CC/C=C(C)/C=C/C(=O)OCCCOC/C(Cl)=C/C/C=C/C. The van der Waals surface area contributed by atoms with Crippen molar-refractivity contribution in [2.45, 2.75) is 46.5 Å². The molecule has 0 fully saturated rings. The van der Waals surface area contributed by atoms with Crippen molar-refractivity contribution in [2.24, 2.45) is 5.92 Å². The highest BCUT2D eigenvalue weighted by Gasteiger charge is 1.98. The molecule has 0 saturated heterocycles. The van der Waals surface area contributed by atoms with Gasteiger partial charge in [-0.15, -0.1) is 6.58 Å². The van der Waals surface area contributed by atoms with Gasteiger partial charge < -0.3 is 9.47 Å². The summed E-state index contributed by atoms with van der Waals surface area (Å²) < 4.78 is 10.6. The van der Waals surface area contributed by atoms with E-state index in [1.54, 1.807) is 6.08 Å². The Bertz CT molecular complexity index is 515. The number of carbonyl (C=O) groups is 1.